The van der Waals surface area contributed by atoms with Gasteiger partial charge in [-0.05, 0) is 49.6 Å². The number of carbonyl (C=O) groups is 2. The van der Waals surface area contributed by atoms with E-state index >= 15 is 0 Å². The summed E-state index contributed by atoms with van der Waals surface area (Å²) in [5.74, 6) is 0.310. The largest absolute Gasteiger partial charge is 0.368 e. The molecule has 0 bridgehead atoms. The number of pyridine rings is 1. The number of aromatic nitrogens is 1. The van der Waals surface area contributed by atoms with Crippen molar-refractivity contribution < 1.29 is 9.59 Å². The molecule has 2 aromatic rings. The van der Waals surface area contributed by atoms with E-state index < -0.39 is 5.91 Å². The second kappa shape index (κ2) is 8.92. The van der Waals surface area contributed by atoms with Crippen LogP contribution in [0, 0.1) is 0 Å². The molecule has 0 aliphatic carbocycles. The number of hydrogen-bond acceptors (Lipinski definition) is 5. The third-order valence-electron chi connectivity index (χ3n) is 5.81. The number of carbonyl (C=O) groups excluding carboxylic acids is 2. The Bertz CT molecular complexity index is 920. The number of hydrogen-bond donors (Lipinski definition) is 1. The zero-order valence-electron chi connectivity index (χ0n) is 16.9. The van der Waals surface area contributed by atoms with Crippen molar-refractivity contribution in [1.82, 2.24) is 9.88 Å². The Morgan fingerprint density at radius 3 is 2.10 bits per heavy atom. The molecule has 0 atom stereocenters. The highest BCUT2D eigenvalue weighted by Gasteiger charge is 2.23. The number of piperazine rings is 1. The van der Waals surface area contributed by atoms with E-state index in [0.29, 0.717) is 16.1 Å². The van der Waals surface area contributed by atoms with Crippen LogP contribution >= 0.6 is 11.6 Å². The van der Waals surface area contributed by atoms with Gasteiger partial charge in [0.2, 0.25) is 5.91 Å². The minimum absolute atomic E-state index is 0.0138. The Kier molecular flexibility index (Phi) is 6.08. The van der Waals surface area contributed by atoms with Crippen LogP contribution < -0.4 is 15.5 Å². The van der Waals surface area contributed by atoms with Crippen molar-refractivity contribution in [1.29, 1.82) is 0 Å². The summed E-state index contributed by atoms with van der Waals surface area (Å²) >= 11 is 6.51. The summed E-state index contributed by atoms with van der Waals surface area (Å²) in [6.45, 7) is 4.76. The van der Waals surface area contributed by atoms with Crippen molar-refractivity contribution in [2.24, 2.45) is 5.73 Å². The molecule has 2 saturated heterocycles. The first-order valence-corrected chi connectivity index (χ1v) is 10.8. The van der Waals surface area contributed by atoms with Crippen molar-refractivity contribution in [3.8, 4) is 0 Å². The van der Waals surface area contributed by atoms with Crippen LogP contribution in [-0.4, -0.2) is 61.0 Å². The normalized spacial score (nSPS) is 17.2. The van der Waals surface area contributed by atoms with Gasteiger partial charge < -0.3 is 20.4 Å². The van der Waals surface area contributed by atoms with E-state index in [1.165, 1.54) is 6.42 Å². The summed E-state index contributed by atoms with van der Waals surface area (Å²) in [5, 5.41) is 0.511. The molecule has 2 amide bonds. The number of amides is 2. The van der Waals surface area contributed by atoms with Gasteiger partial charge in [-0.25, -0.2) is 4.98 Å². The first-order valence-electron chi connectivity index (χ1n) is 10.4. The molecule has 0 saturated carbocycles. The van der Waals surface area contributed by atoms with Crippen LogP contribution in [0.25, 0.3) is 0 Å². The van der Waals surface area contributed by atoms with Crippen LogP contribution in [0.15, 0.2) is 36.5 Å². The molecule has 2 N–H and O–H groups in total. The molecule has 2 aliphatic rings. The van der Waals surface area contributed by atoms with Crippen LogP contribution in [0.5, 0.6) is 0 Å². The molecule has 0 radical (unpaired) electrons. The summed E-state index contributed by atoms with van der Waals surface area (Å²) < 4.78 is 0. The molecule has 0 unspecified atom stereocenters. The fourth-order valence-corrected chi connectivity index (χ4v) is 4.36. The Hall–Kier alpha value is -2.80. The zero-order valence-corrected chi connectivity index (χ0v) is 17.6. The van der Waals surface area contributed by atoms with Crippen molar-refractivity contribution in [2.75, 3.05) is 49.1 Å². The summed E-state index contributed by atoms with van der Waals surface area (Å²) in [5.41, 5.74) is 7.43. The molecule has 4 rings (SSSR count). The number of halogens is 1. The Labute approximate surface area is 181 Å². The lowest BCUT2D eigenvalue weighted by Gasteiger charge is -2.37. The lowest BCUT2D eigenvalue weighted by molar-refractivity contribution is 0.0723. The van der Waals surface area contributed by atoms with E-state index in [-0.39, 0.29) is 5.91 Å². The van der Waals surface area contributed by atoms with E-state index in [1.54, 1.807) is 24.4 Å². The monoisotopic (exact) mass is 427 g/mol. The Morgan fingerprint density at radius 1 is 0.867 bits per heavy atom. The number of benzene rings is 1. The van der Waals surface area contributed by atoms with Crippen molar-refractivity contribution in [3.05, 3.63) is 52.7 Å². The molecule has 8 heteroatoms. The quantitative estimate of drug-likeness (QED) is 0.811. The molecule has 7 nitrogen and oxygen atoms in total. The number of nitrogens with zero attached hydrogens (tertiary/aromatic N) is 4. The maximum atomic E-state index is 12.7. The molecule has 158 valence electrons. The van der Waals surface area contributed by atoms with Crippen LogP contribution in [0.4, 0.5) is 11.5 Å². The van der Waals surface area contributed by atoms with Crippen molar-refractivity contribution in [3.63, 3.8) is 0 Å². The molecule has 30 heavy (non-hydrogen) atoms. The lowest BCUT2D eigenvalue weighted by atomic mass is 10.1. The molecular weight excluding hydrogens is 402 g/mol. The molecular formula is C22H26ClN5O2. The third kappa shape index (κ3) is 4.36. The smallest absolute Gasteiger partial charge is 0.255 e. The van der Waals surface area contributed by atoms with Crippen LogP contribution in [0.2, 0.25) is 5.02 Å². The zero-order chi connectivity index (χ0) is 21.1. The van der Waals surface area contributed by atoms with E-state index in [1.807, 2.05) is 17.0 Å². The van der Waals surface area contributed by atoms with E-state index in [0.717, 1.165) is 63.6 Å². The fourth-order valence-electron chi connectivity index (χ4n) is 4.07. The summed E-state index contributed by atoms with van der Waals surface area (Å²) in [6, 6.07) is 9.08. The van der Waals surface area contributed by atoms with Gasteiger partial charge in [0, 0.05) is 56.7 Å². The Balaban J connectivity index is 1.39. The van der Waals surface area contributed by atoms with Gasteiger partial charge in [-0.3, -0.25) is 9.59 Å². The van der Waals surface area contributed by atoms with Gasteiger partial charge in [0.15, 0.2) is 0 Å². The number of rotatable bonds is 4. The number of piperidine rings is 1. The standard InChI is InChI=1S/C22H26ClN5O2/c23-19-14-17(22(30)28-8-2-1-3-9-28)15-25-21(19)27-12-10-26(11-13-27)18-6-4-16(5-7-18)20(24)29/h4-7,14-15H,1-3,8-13H2,(H2,24,29). The topological polar surface area (TPSA) is 82.8 Å². The highest BCUT2D eigenvalue weighted by Crippen LogP contribution is 2.27. The maximum Gasteiger partial charge on any atom is 0.255 e. The van der Waals surface area contributed by atoms with E-state index in [9.17, 15) is 9.59 Å². The highest BCUT2D eigenvalue weighted by molar-refractivity contribution is 6.33. The van der Waals surface area contributed by atoms with Crippen LogP contribution in [0.3, 0.4) is 0 Å². The van der Waals surface area contributed by atoms with Gasteiger partial charge >= 0.3 is 0 Å². The lowest BCUT2D eigenvalue weighted by Crippen LogP contribution is -2.47. The first-order chi connectivity index (χ1) is 14.5. The average Bonchev–Trinajstić information content (AvgIpc) is 2.79. The minimum Gasteiger partial charge on any atom is -0.368 e. The maximum absolute atomic E-state index is 12.7. The molecule has 1 aromatic carbocycles. The van der Waals surface area contributed by atoms with Gasteiger partial charge in [-0.2, -0.15) is 0 Å². The molecule has 2 fully saturated rings. The number of nitrogens with two attached hydrogens (primary N) is 1. The summed E-state index contributed by atoms with van der Waals surface area (Å²) in [6.07, 6.45) is 4.94. The third-order valence-corrected chi connectivity index (χ3v) is 6.09. The van der Waals surface area contributed by atoms with Gasteiger partial charge in [0.25, 0.3) is 5.91 Å². The van der Waals surface area contributed by atoms with Crippen LogP contribution in [-0.2, 0) is 0 Å². The molecule has 1 aromatic heterocycles. The fraction of sp³-hybridized carbons (Fsp3) is 0.409. The number of likely N-dealkylation sites (tertiary alicyclic amines) is 1. The predicted molar refractivity (Wildman–Crippen MR) is 118 cm³/mol. The second-order valence-corrected chi connectivity index (χ2v) is 8.17. The summed E-state index contributed by atoms with van der Waals surface area (Å²) in [4.78, 5) is 34.7. The van der Waals surface area contributed by atoms with E-state index in [2.05, 4.69) is 14.8 Å². The molecule has 2 aliphatic heterocycles. The minimum atomic E-state index is -0.422. The highest BCUT2D eigenvalue weighted by atomic mass is 35.5. The van der Waals surface area contributed by atoms with E-state index in [4.69, 9.17) is 17.3 Å². The second-order valence-electron chi connectivity index (χ2n) is 7.77. The first kappa shape index (κ1) is 20.5. The van der Waals surface area contributed by atoms with Crippen molar-refractivity contribution >= 4 is 34.9 Å². The average molecular weight is 428 g/mol. The van der Waals surface area contributed by atoms with Gasteiger partial charge in [-0.15, -0.1) is 0 Å². The predicted octanol–water partition coefficient (Wildman–Crippen LogP) is 2.79. The SMILES string of the molecule is NC(=O)c1ccc(N2CCN(c3ncc(C(=O)N4CCCCC4)cc3Cl)CC2)cc1. The van der Waals surface area contributed by atoms with Crippen molar-refractivity contribution in [2.45, 2.75) is 19.3 Å². The number of primary amides is 1. The molecule has 0 spiro atoms. The number of anilines is 2. The molecule has 3 heterocycles. The van der Waals surface area contributed by atoms with Crippen LogP contribution in [0.1, 0.15) is 40.0 Å². The Morgan fingerprint density at radius 2 is 1.50 bits per heavy atom. The summed E-state index contributed by atoms with van der Waals surface area (Å²) in [7, 11) is 0. The van der Waals surface area contributed by atoms with Gasteiger partial charge in [0.05, 0.1) is 10.6 Å². The van der Waals surface area contributed by atoms with Gasteiger partial charge in [0.1, 0.15) is 5.82 Å². The van der Waals surface area contributed by atoms with Gasteiger partial charge in [-0.1, -0.05) is 11.6 Å².